The highest BCUT2D eigenvalue weighted by molar-refractivity contribution is 7.89. The first kappa shape index (κ1) is 25.4. The van der Waals surface area contributed by atoms with Gasteiger partial charge in [0.05, 0.1) is 4.90 Å². The molecule has 1 aliphatic heterocycles. The summed E-state index contributed by atoms with van der Waals surface area (Å²) in [5, 5.41) is 5.38. The SMILES string of the molecule is CCC[C@]1(c2ccccc2)NC(=O)N(CC(=O)Nc2cccc(S(=O)(=O)N(CC)CC)c2)C1=O. The maximum Gasteiger partial charge on any atom is 0.325 e. The van der Waals surface area contributed by atoms with Gasteiger partial charge in [-0.25, -0.2) is 13.2 Å². The van der Waals surface area contributed by atoms with E-state index in [1.807, 2.05) is 13.0 Å². The molecule has 1 aliphatic rings. The predicted octanol–water partition coefficient (Wildman–Crippen LogP) is 2.90. The van der Waals surface area contributed by atoms with Gasteiger partial charge in [0.2, 0.25) is 15.9 Å². The third-order valence-corrected chi connectivity index (χ3v) is 7.88. The number of rotatable bonds is 10. The maximum atomic E-state index is 13.3. The van der Waals surface area contributed by atoms with Crippen LogP contribution in [0.15, 0.2) is 59.5 Å². The van der Waals surface area contributed by atoms with Crippen molar-refractivity contribution in [2.45, 2.75) is 44.0 Å². The Labute approximate surface area is 200 Å². The van der Waals surface area contributed by atoms with Gasteiger partial charge in [-0.15, -0.1) is 0 Å². The molecule has 9 nitrogen and oxygen atoms in total. The van der Waals surface area contributed by atoms with Crippen LogP contribution in [0.3, 0.4) is 0 Å². The molecule has 2 aromatic rings. The van der Waals surface area contributed by atoms with E-state index in [2.05, 4.69) is 10.6 Å². The Bertz CT molecular complexity index is 1160. The summed E-state index contributed by atoms with van der Waals surface area (Å²) in [4.78, 5) is 39.7. The number of amides is 4. The highest BCUT2D eigenvalue weighted by Crippen LogP contribution is 2.33. The van der Waals surface area contributed by atoms with Gasteiger partial charge in [0.15, 0.2) is 0 Å². The monoisotopic (exact) mass is 486 g/mol. The number of sulfonamides is 1. The molecule has 182 valence electrons. The van der Waals surface area contributed by atoms with Crippen LogP contribution in [0.25, 0.3) is 0 Å². The molecule has 1 saturated heterocycles. The number of carbonyl (C=O) groups is 3. The number of nitrogens with zero attached hydrogens (tertiary/aromatic N) is 2. The quantitative estimate of drug-likeness (QED) is 0.501. The highest BCUT2D eigenvalue weighted by atomic mass is 32.2. The molecular formula is C24H30N4O5S. The Hall–Kier alpha value is -3.24. The Kier molecular flexibility index (Phi) is 7.73. The van der Waals surface area contributed by atoms with Crippen molar-refractivity contribution in [3.63, 3.8) is 0 Å². The molecule has 34 heavy (non-hydrogen) atoms. The molecule has 0 spiro atoms. The lowest BCUT2D eigenvalue weighted by Gasteiger charge is -2.26. The fraction of sp³-hybridized carbons (Fsp3) is 0.375. The second-order valence-corrected chi connectivity index (χ2v) is 9.95. The zero-order chi connectivity index (χ0) is 24.9. The summed E-state index contributed by atoms with van der Waals surface area (Å²) in [7, 11) is -3.70. The van der Waals surface area contributed by atoms with Crippen LogP contribution >= 0.6 is 0 Å². The van der Waals surface area contributed by atoms with Crippen LogP contribution < -0.4 is 10.6 Å². The number of anilines is 1. The Morgan fingerprint density at radius 3 is 2.32 bits per heavy atom. The summed E-state index contributed by atoms with van der Waals surface area (Å²) < 4.78 is 26.9. The van der Waals surface area contributed by atoms with Crippen LogP contribution in [-0.4, -0.2) is 55.1 Å². The lowest BCUT2D eigenvalue weighted by Crippen LogP contribution is -2.44. The summed E-state index contributed by atoms with van der Waals surface area (Å²) >= 11 is 0. The van der Waals surface area contributed by atoms with Crippen LogP contribution in [0.5, 0.6) is 0 Å². The molecule has 1 atom stereocenters. The van der Waals surface area contributed by atoms with Crippen LogP contribution in [0.4, 0.5) is 10.5 Å². The van der Waals surface area contributed by atoms with E-state index >= 15 is 0 Å². The van der Waals surface area contributed by atoms with E-state index in [0.717, 1.165) is 4.90 Å². The van der Waals surface area contributed by atoms with Gasteiger partial charge in [0, 0.05) is 18.8 Å². The molecule has 2 aromatic carbocycles. The van der Waals surface area contributed by atoms with E-state index in [1.54, 1.807) is 44.2 Å². The molecular weight excluding hydrogens is 456 g/mol. The second-order valence-electron chi connectivity index (χ2n) is 8.01. The minimum absolute atomic E-state index is 0.0510. The number of nitrogens with one attached hydrogen (secondary N) is 2. The number of urea groups is 1. The van der Waals surface area contributed by atoms with Gasteiger partial charge in [-0.3, -0.25) is 14.5 Å². The maximum absolute atomic E-state index is 13.3. The number of hydrogen-bond acceptors (Lipinski definition) is 5. The van der Waals surface area contributed by atoms with Crippen molar-refractivity contribution >= 4 is 33.6 Å². The molecule has 0 saturated carbocycles. The summed E-state index contributed by atoms with van der Waals surface area (Å²) in [6, 6.07) is 14.2. The Morgan fingerprint density at radius 1 is 1.03 bits per heavy atom. The van der Waals surface area contributed by atoms with Gasteiger partial charge in [0.25, 0.3) is 5.91 Å². The molecule has 10 heteroatoms. The molecule has 0 bridgehead atoms. The first-order valence-electron chi connectivity index (χ1n) is 11.3. The van der Waals surface area contributed by atoms with Crippen molar-refractivity contribution in [1.29, 1.82) is 0 Å². The zero-order valence-electron chi connectivity index (χ0n) is 19.6. The van der Waals surface area contributed by atoms with Crippen molar-refractivity contribution in [1.82, 2.24) is 14.5 Å². The van der Waals surface area contributed by atoms with Gasteiger partial charge in [-0.05, 0) is 30.2 Å². The normalized spacial score (nSPS) is 18.3. The molecule has 4 amide bonds. The van der Waals surface area contributed by atoms with E-state index in [-0.39, 0.29) is 10.6 Å². The van der Waals surface area contributed by atoms with E-state index < -0.39 is 40.0 Å². The molecule has 1 fully saturated rings. The van der Waals surface area contributed by atoms with Gasteiger partial charge in [-0.2, -0.15) is 4.31 Å². The fourth-order valence-electron chi connectivity index (χ4n) is 4.17. The van der Waals surface area contributed by atoms with Crippen LogP contribution in [0.1, 0.15) is 39.2 Å². The smallest absolute Gasteiger partial charge is 0.324 e. The van der Waals surface area contributed by atoms with Crippen molar-refractivity contribution < 1.29 is 22.8 Å². The van der Waals surface area contributed by atoms with Crippen LogP contribution in [0, 0.1) is 0 Å². The third-order valence-electron chi connectivity index (χ3n) is 5.83. The molecule has 2 N–H and O–H groups in total. The number of benzene rings is 2. The largest absolute Gasteiger partial charge is 0.325 e. The van der Waals surface area contributed by atoms with Crippen molar-refractivity contribution in [3.05, 3.63) is 60.2 Å². The highest BCUT2D eigenvalue weighted by Gasteiger charge is 2.52. The van der Waals surface area contributed by atoms with Gasteiger partial charge in [-0.1, -0.05) is 63.6 Å². The third kappa shape index (κ3) is 4.83. The number of carbonyl (C=O) groups excluding carboxylic acids is 3. The molecule has 3 rings (SSSR count). The first-order valence-corrected chi connectivity index (χ1v) is 12.7. The number of imide groups is 1. The van der Waals surface area contributed by atoms with Crippen molar-refractivity contribution in [3.8, 4) is 0 Å². The van der Waals surface area contributed by atoms with Gasteiger partial charge in [0.1, 0.15) is 12.1 Å². The van der Waals surface area contributed by atoms with Crippen LogP contribution in [0.2, 0.25) is 0 Å². The Morgan fingerprint density at radius 2 is 1.71 bits per heavy atom. The molecule has 1 heterocycles. The Balaban J connectivity index is 1.78. The van der Waals surface area contributed by atoms with E-state index in [0.29, 0.717) is 31.5 Å². The van der Waals surface area contributed by atoms with E-state index in [1.165, 1.54) is 22.5 Å². The average molecular weight is 487 g/mol. The topological polar surface area (TPSA) is 116 Å². The summed E-state index contributed by atoms with van der Waals surface area (Å²) in [5.41, 5.74) is -0.300. The lowest BCUT2D eigenvalue weighted by molar-refractivity contribution is -0.134. The van der Waals surface area contributed by atoms with Crippen LogP contribution in [-0.2, 0) is 25.2 Å². The van der Waals surface area contributed by atoms with Gasteiger partial charge >= 0.3 is 6.03 Å². The minimum atomic E-state index is -3.70. The molecule has 0 unspecified atom stereocenters. The van der Waals surface area contributed by atoms with Crippen molar-refractivity contribution in [2.75, 3.05) is 25.0 Å². The summed E-state index contributed by atoms with van der Waals surface area (Å²) in [6.45, 7) is 5.57. The molecule has 0 aromatic heterocycles. The lowest BCUT2D eigenvalue weighted by atomic mass is 9.85. The summed E-state index contributed by atoms with van der Waals surface area (Å²) in [5.74, 6) is -1.10. The average Bonchev–Trinajstić information content (AvgIpc) is 3.05. The number of hydrogen-bond donors (Lipinski definition) is 2. The van der Waals surface area contributed by atoms with E-state index in [4.69, 9.17) is 0 Å². The molecule has 0 radical (unpaired) electrons. The molecule has 0 aliphatic carbocycles. The predicted molar refractivity (Wildman–Crippen MR) is 128 cm³/mol. The second kappa shape index (κ2) is 10.4. The van der Waals surface area contributed by atoms with Gasteiger partial charge < -0.3 is 10.6 Å². The minimum Gasteiger partial charge on any atom is -0.324 e. The van der Waals surface area contributed by atoms with Crippen molar-refractivity contribution in [2.24, 2.45) is 0 Å². The first-order chi connectivity index (χ1) is 16.2. The van der Waals surface area contributed by atoms with E-state index in [9.17, 15) is 22.8 Å². The fourth-order valence-corrected chi connectivity index (χ4v) is 5.67. The zero-order valence-corrected chi connectivity index (χ0v) is 20.4. The standard InChI is InChI=1S/C24H30N4O5S/c1-4-15-24(18-11-8-7-9-12-18)22(30)28(23(31)26-24)17-21(29)25-19-13-10-14-20(16-19)34(32,33)27(5-2)6-3/h7-14,16H,4-6,15,17H2,1-3H3,(H,25,29)(H,26,31)/t24-/m1/s1. The summed E-state index contributed by atoms with van der Waals surface area (Å²) in [6.07, 6.45) is 1.04.